The van der Waals surface area contributed by atoms with Crippen molar-refractivity contribution in [3.63, 3.8) is 0 Å². The first-order chi connectivity index (χ1) is 10.3. The number of thiophene rings is 1. The van der Waals surface area contributed by atoms with Crippen LogP contribution in [-0.2, 0) is 6.42 Å². The number of fused-ring (bicyclic) bond motifs is 1. The van der Waals surface area contributed by atoms with E-state index < -0.39 is 0 Å². The molecule has 0 aliphatic carbocycles. The van der Waals surface area contributed by atoms with Gasteiger partial charge in [0.25, 0.3) is 0 Å². The molecule has 0 saturated heterocycles. The molecule has 1 heterocycles. The Morgan fingerprint density at radius 1 is 1.00 bits per heavy atom. The summed E-state index contributed by atoms with van der Waals surface area (Å²) in [6.07, 6.45) is 4.78. The van der Waals surface area contributed by atoms with Crippen LogP contribution in [0.25, 0.3) is 16.2 Å². The van der Waals surface area contributed by atoms with E-state index >= 15 is 0 Å². The first-order valence-electron chi connectivity index (χ1n) is 6.92. The molecule has 104 valence electrons. The highest BCUT2D eigenvalue weighted by Gasteiger charge is 2.09. The highest BCUT2D eigenvalue weighted by Crippen LogP contribution is 2.35. The van der Waals surface area contributed by atoms with Gasteiger partial charge in [-0.05, 0) is 35.9 Å². The number of rotatable bonds is 5. The van der Waals surface area contributed by atoms with Gasteiger partial charge in [0.2, 0.25) is 0 Å². The van der Waals surface area contributed by atoms with Crippen molar-refractivity contribution in [2.24, 2.45) is 0 Å². The van der Waals surface area contributed by atoms with Gasteiger partial charge in [0.15, 0.2) is 0 Å². The lowest BCUT2D eigenvalue weighted by molar-refractivity contribution is 1.35. The summed E-state index contributed by atoms with van der Waals surface area (Å²) in [5, 5.41) is 4.70. The zero-order valence-corrected chi connectivity index (χ0v) is 12.6. The zero-order chi connectivity index (χ0) is 14.7. The van der Waals surface area contributed by atoms with Gasteiger partial charge in [0, 0.05) is 32.8 Å². The molecule has 0 unspecified atom stereocenters. The van der Waals surface area contributed by atoms with Crippen LogP contribution in [0.2, 0.25) is 0 Å². The average molecular weight is 291 g/mol. The highest BCUT2D eigenvalue weighted by molar-refractivity contribution is 7.19. The molecule has 1 N–H and O–H groups in total. The van der Waals surface area contributed by atoms with Crippen molar-refractivity contribution in [3.8, 4) is 0 Å². The normalized spacial score (nSPS) is 10.5. The first-order valence-corrected chi connectivity index (χ1v) is 7.74. The molecule has 2 heteroatoms. The molecule has 0 aliphatic rings. The van der Waals surface area contributed by atoms with E-state index in [9.17, 15) is 0 Å². The van der Waals surface area contributed by atoms with Gasteiger partial charge >= 0.3 is 0 Å². The van der Waals surface area contributed by atoms with Crippen molar-refractivity contribution in [2.45, 2.75) is 6.42 Å². The predicted octanol–water partition coefficient (Wildman–Crippen LogP) is 6.02. The fourth-order valence-corrected chi connectivity index (χ4v) is 3.62. The van der Waals surface area contributed by atoms with E-state index in [-0.39, 0.29) is 0 Å². The fraction of sp³-hybridized carbons (Fsp3) is 0.0526. The summed E-state index contributed by atoms with van der Waals surface area (Å²) in [4.78, 5) is 1.33. The van der Waals surface area contributed by atoms with Crippen molar-refractivity contribution < 1.29 is 0 Å². The maximum atomic E-state index is 3.96. The monoisotopic (exact) mass is 291 g/mol. The zero-order valence-electron chi connectivity index (χ0n) is 11.8. The quantitative estimate of drug-likeness (QED) is 0.567. The summed E-state index contributed by atoms with van der Waals surface area (Å²) in [6.45, 7) is 7.80. The van der Waals surface area contributed by atoms with Crippen molar-refractivity contribution in [1.29, 1.82) is 0 Å². The second-order valence-electron chi connectivity index (χ2n) is 4.84. The summed E-state index contributed by atoms with van der Waals surface area (Å²) in [6, 6.07) is 16.7. The topological polar surface area (TPSA) is 12.0 Å². The molecule has 0 spiro atoms. The van der Waals surface area contributed by atoms with Crippen LogP contribution in [0.1, 0.15) is 10.4 Å². The van der Waals surface area contributed by atoms with Gasteiger partial charge in [-0.1, -0.05) is 36.9 Å². The molecule has 0 bridgehead atoms. The van der Waals surface area contributed by atoms with Crippen molar-refractivity contribution in [1.82, 2.24) is 0 Å². The number of anilines is 2. The first kappa shape index (κ1) is 13.7. The average Bonchev–Trinajstić information content (AvgIpc) is 2.85. The van der Waals surface area contributed by atoms with E-state index in [2.05, 4.69) is 48.8 Å². The molecule has 0 saturated carbocycles. The van der Waals surface area contributed by atoms with E-state index in [0.29, 0.717) is 0 Å². The molecule has 3 aromatic rings. The Bertz CT molecular complexity index is 784. The van der Waals surface area contributed by atoms with Crippen LogP contribution in [0.15, 0.2) is 67.8 Å². The molecule has 3 rings (SSSR count). The van der Waals surface area contributed by atoms with Gasteiger partial charge in [0.05, 0.1) is 0 Å². The van der Waals surface area contributed by atoms with Gasteiger partial charge < -0.3 is 5.32 Å². The van der Waals surface area contributed by atoms with E-state index in [4.69, 9.17) is 0 Å². The SMILES string of the molecule is C=CCc1sc2ccc(Nc3ccccc3)cc2c1C=C. The molecule has 0 fully saturated rings. The maximum Gasteiger partial charge on any atom is 0.0391 e. The minimum atomic E-state index is 0.891. The number of hydrogen-bond acceptors (Lipinski definition) is 2. The van der Waals surface area contributed by atoms with Crippen LogP contribution in [0, 0.1) is 0 Å². The molecule has 1 nitrogen and oxygen atoms in total. The van der Waals surface area contributed by atoms with Crippen LogP contribution < -0.4 is 5.32 Å². The van der Waals surface area contributed by atoms with E-state index in [1.54, 1.807) is 0 Å². The lowest BCUT2D eigenvalue weighted by Crippen LogP contribution is -1.89. The number of para-hydroxylation sites is 1. The molecule has 1 aromatic heterocycles. The fourth-order valence-electron chi connectivity index (χ4n) is 2.44. The molecule has 0 radical (unpaired) electrons. The van der Waals surface area contributed by atoms with E-state index in [1.165, 1.54) is 20.5 Å². The molecule has 21 heavy (non-hydrogen) atoms. The minimum absolute atomic E-state index is 0.891. The van der Waals surface area contributed by atoms with Crippen LogP contribution in [0.5, 0.6) is 0 Å². The largest absolute Gasteiger partial charge is 0.356 e. The van der Waals surface area contributed by atoms with Crippen molar-refractivity contribution >= 4 is 38.9 Å². The summed E-state index contributed by atoms with van der Waals surface area (Å²) in [5.74, 6) is 0. The Balaban J connectivity index is 2.02. The second-order valence-corrected chi connectivity index (χ2v) is 5.97. The second kappa shape index (κ2) is 5.98. The summed E-state index contributed by atoms with van der Waals surface area (Å²) in [7, 11) is 0. The third-order valence-corrected chi connectivity index (χ3v) is 4.61. The minimum Gasteiger partial charge on any atom is -0.356 e. The van der Waals surface area contributed by atoms with Gasteiger partial charge in [-0.3, -0.25) is 0 Å². The number of allylic oxidation sites excluding steroid dienone is 1. The third-order valence-electron chi connectivity index (χ3n) is 3.40. The Hall–Kier alpha value is -2.32. The third kappa shape index (κ3) is 2.76. The molecule has 0 atom stereocenters. The molecular formula is C19H17NS. The van der Waals surface area contributed by atoms with E-state index in [0.717, 1.165) is 17.8 Å². The smallest absolute Gasteiger partial charge is 0.0391 e. The standard InChI is InChI=1S/C19H17NS/c1-3-8-18-16(4-2)17-13-15(11-12-19(17)21-18)20-14-9-6-5-7-10-14/h3-7,9-13,20H,1-2,8H2. The summed E-state index contributed by atoms with van der Waals surface area (Å²) in [5.41, 5.74) is 3.42. The lowest BCUT2D eigenvalue weighted by atomic mass is 10.1. The van der Waals surface area contributed by atoms with Crippen LogP contribution in [-0.4, -0.2) is 0 Å². The summed E-state index contributed by atoms with van der Waals surface area (Å²) < 4.78 is 1.29. The Labute approximate surface area is 129 Å². The van der Waals surface area contributed by atoms with Crippen molar-refractivity contribution in [3.05, 3.63) is 78.2 Å². The van der Waals surface area contributed by atoms with Gasteiger partial charge in [-0.15, -0.1) is 17.9 Å². The Morgan fingerprint density at radius 3 is 2.52 bits per heavy atom. The molecule has 0 aliphatic heterocycles. The van der Waals surface area contributed by atoms with Gasteiger partial charge in [0.1, 0.15) is 0 Å². The number of nitrogens with one attached hydrogen (secondary N) is 1. The van der Waals surface area contributed by atoms with Gasteiger partial charge in [-0.2, -0.15) is 0 Å². The van der Waals surface area contributed by atoms with Crippen LogP contribution >= 0.6 is 11.3 Å². The van der Waals surface area contributed by atoms with Crippen LogP contribution in [0.3, 0.4) is 0 Å². The van der Waals surface area contributed by atoms with Gasteiger partial charge in [-0.25, -0.2) is 0 Å². The number of benzene rings is 2. The van der Waals surface area contributed by atoms with Crippen LogP contribution in [0.4, 0.5) is 11.4 Å². The maximum absolute atomic E-state index is 3.96. The molecule has 2 aromatic carbocycles. The predicted molar refractivity (Wildman–Crippen MR) is 95.5 cm³/mol. The molecular weight excluding hydrogens is 274 g/mol. The Kier molecular flexibility index (Phi) is 3.89. The Morgan fingerprint density at radius 2 is 1.81 bits per heavy atom. The number of hydrogen-bond donors (Lipinski definition) is 1. The van der Waals surface area contributed by atoms with Crippen molar-refractivity contribution in [2.75, 3.05) is 5.32 Å². The highest BCUT2D eigenvalue weighted by atomic mass is 32.1. The summed E-state index contributed by atoms with van der Waals surface area (Å²) >= 11 is 1.82. The lowest BCUT2D eigenvalue weighted by Gasteiger charge is -2.06. The molecule has 0 amide bonds. The van der Waals surface area contributed by atoms with E-state index in [1.807, 2.05) is 41.7 Å².